The van der Waals surface area contributed by atoms with Crippen LogP contribution in [0, 0.1) is 5.82 Å². The van der Waals surface area contributed by atoms with Crippen molar-refractivity contribution in [3.05, 3.63) is 46.4 Å². The van der Waals surface area contributed by atoms with E-state index in [1.165, 1.54) is 12.4 Å². The number of aliphatic hydroxyl groups is 1. The van der Waals surface area contributed by atoms with E-state index in [1.807, 2.05) is 12.1 Å². The van der Waals surface area contributed by atoms with E-state index in [4.69, 9.17) is 0 Å². The molecule has 0 radical (unpaired) electrons. The lowest BCUT2D eigenvalue weighted by Gasteiger charge is -2.35. The van der Waals surface area contributed by atoms with Gasteiger partial charge in [-0.3, -0.25) is 0 Å². The van der Waals surface area contributed by atoms with Crippen LogP contribution >= 0.6 is 15.9 Å². The van der Waals surface area contributed by atoms with Crippen molar-refractivity contribution in [1.29, 1.82) is 0 Å². The van der Waals surface area contributed by atoms with E-state index in [9.17, 15) is 9.50 Å². The van der Waals surface area contributed by atoms with E-state index in [-0.39, 0.29) is 18.5 Å². The Hall–Kier alpha value is -1.73. The smallest absolute Gasteiger partial charge is 0.137 e. The van der Waals surface area contributed by atoms with Gasteiger partial charge in [-0.05, 0) is 52.9 Å². The summed E-state index contributed by atoms with van der Waals surface area (Å²) in [6.45, 7) is 1.49. The Balaban J connectivity index is 1.69. The van der Waals surface area contributed by atoms with E-state index in [0.29, 0.717) is 16.8 Å². The fourth-order valence-corrected chi connectivity index (χ4v) is 3.18. The minimum absolute atomic E-state index is 0.113. The molecule has 0 amide bonds. The van der Waals surface area contributed by atoms with Crippen LogP contribution in [0.3, 0.4) is 0 Å². The third-order valence-corrected chi connectivity index (χ3v) is 4.89. The number of benzene rings is 1. The number of hydrogen-bond acceptors (Lipinski definition) is 5. The largest absolute Gasteiger partial charge is 0.394 e. The summed E-state index contributed by atoms with van der Waals surface area (Å²) < 4.78 is 14.0. The second-order valence-electron chi connectivity index (χ2n) is 5.89. The molecule has 2 N–H and O–H groups in total. The molecule has 1 unspecified atom stereocenters. The minimum atomic E-state index is -0.281. The standard InChI is InChI=1S/C17H20BrFN4O/c18-14-5-4-12(7-15(14)19)9-20-16-8-17(22-11-21-16)23-6-2-1-3-13(23)10-24/h4-5,7-8,11,13,24H,1-3,6,9-10H2,(H,20,21,22). The highest BCUT2D eigenvalue weighted by Gasteiger charge is 2.23. The molecule has 24 heavy (non-hydrogen) atoms. The first-order chi connectivity index (χ1) is 11.7. The molecule has 0 bridgehead atoms. The van der Waals surface area contributed by atoms with Gasteiger partial charge < -0.3 is 15.3 Å². The zero-order valence-corrected chi connectivity index (χ0v) is 14.8. The Kier molecular flexibility index (Phi) is 5.63. The Bertz CT molecular complexity index is 700. The van der Waals surface area contributed by atoms with Crippen LogP contribution in [-0.2, 0) is 6.54 Å². The van der Waals surface area contributed by atoms with Crippen LogP contribution in [-0.4, -0.2) is 34.3 Å². The number of anilines is 2. The molecule has 1 aromatic carbocycles. The van der Waals surface area contributed by atoms with Gasteiger partial charge in [0.1, 0.15) is 23.8 Å². The molecule has 0 spiro atoms. The van der Waals surface area contributed by atoms with Crippen LogP contribution in [0.2, 0.25) is 0 Å². The fourth-order valence-electron chi connectivity index (χ4n) is 2.93. The van der Waals surface area contributed by atoms with E-state index in [2.05, 4.69) is 36.1 Å². The second kappa shape index (κ2) is 7.90. The number of nitrogens with one attached hydrogen (secondary N) is 1. The van der Waals surface area contributed by atoms with Gasteiger partial charge in [-0.25, -0.2) is 14.4 Å². The SMILES string of the molecule is OCC1CCCCN1c1cc(NCc2ccc(Br)c(F)c2)ncn1. The number of aliphatic hydroxyl groups excluding tert-OH is 1. The Morgan fingerprint density at radius 3 is 2.96 bits per heavy atom. The maximum Gasteiger partial charge on any atom is 0.137 e. The molecule has 1 aliphatic rings. The number of piperidine rings is 1. The Morgan fingerprint density at radius 1 is 1.29 bits per heavy atom. The number of hydrogen-bond donors (Lipinski definition) is 2. The van der Waals surface area contributed by atoms with Crippen molar-refractivity contribution in [3.63, 3.8) is 0 Å². The third-order valence-electron chi connectivity index (χ3n) is 4.24. The molecule has 1 saturated heterocycles. The van der Waals surface area contributed by atoms with Crippen molar-refractivity contribution in [2.45, 2.75) is 31.8 Å². The number of halogens is 2. The maximum absolute atomic E-state index is 13.6. The van der Waals surface area contributed by atoms with Gasteiger partial charge in [0, 0.05) is 19.2 Å². The van der Waals surface area contributed by atoms with Crippen molar-refractivity contribution in [3.8, 4) is 0 Å². The van der Waals surface area contributed by atoms with Gasteiger partial charge in [-0.15, -0.1) is 0 Å². The van der Waals surface area contributed by atoms with Gasteiger partial charge in [0.05, 0.1) is 17.1 Å². The van der Waals surface area contributed by atoms with Gasteiger partial charge in [-0.2, -0.15) is 0 Å². The lowest BCUT2D eigenvalue weighted by molar-refractivity contribution is 0.239. The summed E-state index contributed by atoms with van der Waals surface area (Å²) in [5, 5.41) is 12.8. The van der Waals surface area contributed by atoms with Crippen molar-refractivity contribution >= 4 is 27.6 Å². The van der Waals surface area contributed by atoms with Crippen LogP contribution in [0.1, 0.15) is 24.8 Å². The van der Waals surface area contributed by atoms with E-state index < -0.39 is 0 Å². The van der Waals surface area contributed by atoms with Crippen LogP contribution in [0.25, 0.3) is 0 Å². The molecular weight excluding hydrogens is 375 g/mol. The van der Waals surface area contributed by atoms with E-state index in [1.54, 1.807) is 6.07 Å². The highest BCUT2D eigenvalue weighted by Crippen LogP contribution is 2.24. The van der Waals surface area contributed by atoms with Gasteiger partial charge in [0.25, 0.3) is 0 Å². The summed E-state index contributed by atoms with van der Waals surface area (Å²) in [6, 6.07) is 7.03. The average molecular weight is 395 g/mol. The molecular formula is C17H20BrFN4O. The molecule has 1 atom stereocenters. The monoisotopic (exact) mass is 394 g/mol. The number of rotatable bonds is 5. The van der Waals surface area contributed by atoms with Crippen LogP contribution in [0.5, 0.6) is 0 Å². The number of aromatic nitrogens is 2. The van der Waals surface area contributed by atoms with Crippen molar-refractivity contribution < 1.29 is 9.50 Å². The van der Waals surface area contributed by atoms with Gasteiger partial charge in [-0.1, -0.05) is 6.07 Å². The summed E-state index contributed by atoms with van der Waals surface area (Å²) in [5.41, 5.74) is 0.835. The highest BCUT2D eigenvalue weighted by atomic mass is 79.9. The topological polar surface area (TPSA) is 61.3 Å². The van der Waals surface area contributed by atoms with E-state index in [0.717, 1.165) is 37.2 Å². The lowest BCUT2D eigenvalue weighted by atomic mass is 10.0. The van der Waals surface area contributed by atoms with Crippen LogP contribution in [0.15, 0.2) is 35.1 Å². The summed E-state index contributed by atoms with van der Waals surface area (Å²) in [4.78, 5) is 10.7. The molecule has 5 nitrogen and oxygen atoms in total. The molecule has 2 heterocycles. The molecule has 2 aromatic rings. The van der Waals surface area contributed by atoms with Gasteiger partial charge in [0.2, 0.25) is 0 Å². The molecule has 3 rings (SSSR count). The molecule has 1 fully saturated rings. The van der Waals surface area contributed by atoms with Crippen molar-refractivity contribution in [2.75, 3.05) is 23.4 Å². The third kappa shape index (κ3) is 4.02. The summed E-state index contributed by atoms with van der Waals surface area (Å²) >= 11 is 3.15. The zero-order chi connectivity index (χ0) is 16.9. The molecule has 0 aliphatic carbocycles. The van der Waals surface area contributed by atoms with Gasteiger partial charge in [0.15, 0.2) is 0 Å². The van der Waals surface area contributed by atoms with Crippen molar-refractivity contribution in [2.24, 2.45) is 0 Å². The zero-order valence-electron chi connectivity index (χ0n) is 13.3. The molecule has 128 valence electrons. The Labute approximate surface area is 149 Å². The molecule has 1 aromatic heterocycles. The summed E-state index contributed by atoms with van der Waals surface area (Å²) in [6.07, 6.45) is 4.72. The molecule has 0 saturated carbocycles. The first-order valence-electron chi connectivity index (χ1n) is 8.04. The van der Waals surface area contributed by atoms with Gasteiger partial charge >= 0.3 is 0 Å². The maximum atomic E-state index is 13.6. The second-order valence-corrected chi connectivity index (χ2v) is 6.74. The molecule has 1 aliphatic heterocycles. The Morgan fingerprint density at radius 2 is 2.17 bits per heavy atom. The van der Waals surface area contributed by atoms with Crippen LogP contribution in [0.4, 0.5) is 16.0 Å². The summed E-state index contributed by atoms with van der Waals surface area (Å²) in [5.74, 6) is 1.22. The average Bonchev–Trinajstić information content (AvgIpc) is 2.63. The first-order valence-corrected chi connectivity index (χ1v) is 8.84. The lowest BCUT2D eigenvalue weighted by Crippen LogP contribution is -2.42. The predicted molar refractivity (Wildman–Crippen MR) is 95.5 cm³/mol. The first kappa shape index (κ1) is 17.1. The highest BCUT2D eigenvalue weighted by molar-refractivity contribution is 9.10. The van der Waals surface area contributed by atoms with Crippen LogP contribution < -0.4 is 10.2 Å². The van der Waals surface area contributed by atoms with Crippen molar-refractivity contribution in [1.82, 2.24) is 9.97 Å². The predicted octanol–water partition coefficient (Wildman–Crippen LogP) is 3.34. The normalized spacial score (nSPS) is 17.8. The van der Waals surface area contributed by atoms with E-state index >= 15 is 0 Å². The quantitative estimate of drug-likeness (QED) is 0.813. The summed E-state index contributed by atoms with van der Waals surface area (Å²) in [7, 11) is 0. The fraction of sp³-hybridized carbons (Fsp3) is 0.412. The minimum Gasteiger partial charge on any atom is -0.394 e. The number of nitrogens with zero attached hydrogens (tertiary/aromatic N) is 3. The molecule has 7 heteroatoms.